The van der Waals surface area contributed by atoms with Crippen molar-refractivity contribution in [1.82, 2.24) is 0 Å². The van der Waals surface area contributed by atoms with Crippen LogP contribution < -0.4 is 0 Å². The van der Waals surface area contributed by atoms with Crippen molar-refractivity contribution in [2.45, 2.75) is 213 Å². The third-order valence-electron chi connectivity index (χ3n) is 10.4. The molecule has 0 fully saturated rings. The molecule has 0 aromatic carbocycles. The van der Waals surface area contributed by atoms with Gasteiger partial charge in [-0.05, 0) is 83.5 Å². The van der Waals surface area contributed by atoms with Gasteiger partial charge in [0.05, 0.1) is 0 Å². The molecule has 0 spiro atoms. The fourth-order valence-corrected chi connectivity index (χ4v) is 6.58. The number of allylic oxidation sites excluding steroid dienone is 20. The summed E-state index contributed by atoms with van der Waals surface area (Å²) >= 11 is 0. The molecule has 0 aliphatic heterocycles. The minimum Gasteiger partial charge on any atom is -0.462 e. The molecule has 0 aromatic rings. The summed E-state index contributed by atoms with van der Waals surface area (Å²) in [5, 5.41) is 0. The highest BCUT2D eigenvalue weighted by Crippen LogP contribution is 2.13. The van der Waals surface area contributed by atoms with Gasteiger partial charge in [0.2, 0.25) is 0 Å². The van der Waals surface area contributed by atoms with Gasteiger partial charge in [-0.3, -0.25) is 14.4 Å². The Labute approximate surface area is 392 Å². The van der Waals surface area contributed by atoms with E-state index in [1.54, 1.807) is 0 Å². The third-order valence-corrected chi connectivity index (χ3v) is 10.4. The van der Waals surface area contributed by atoms with E-state index in [9.17, 15) is 14.4 Å². The second-order valence-corrected chi connectivity index (χ2v) is 16.5. The van der Waals surface area contributed by atoms with Gasteiger partial charge in [0.15, 0.2) is 6.10 Å². The van der Waals surface area contributed by atoms with Crippen LogP contribution in [0.5, 0.6) is 0 Å². The van der Waals surface area contributed by atoms with E-state index in [1.807, 2.05) is 72.9 Å². The molecule has 0 saturated heterocycles. The van der Waals surface area contributed by atoms with Crippen LogP contribution in [-0.4, -0.2) is 37.2 Å². The van der Waals surface area contributed by atoms with E-state index in [1.165, 1.54) is 57.8 Å². The first-order valence-corrected chi connectivity index (χ1v) is 25.7. The van der Waals surface area contributed by atoms with E-state index in [0.717, 1.165) is 103 Å². The lowest BCUT2D eigenvalue weighted by Gasteiger charge is -2.18. The topological polar surface area (TPSA) is 78.9 Å². The number of carbonyl (C=O) groups excluding carboxylic acids is 3. The molecular formula is C58H92O6. The molecule has 0 bridgehead atoms. The number of unbranched alkanes of at least 4 members (excludes halogenated alkanes) is 20. The smallest absolute Gasteiger partial charge is 0.306 e. The number of carbonyl (C=O) groups is 3. The molecule has 0 rings (SSSR count). The second kappa shape index (κ2) is 51.4. The normalized spacial score (nSPS) is 13.1. The molecule has 6 heteroatoms. The third kappa shape index (κ3) is 48.8. The molecule has 0 aliphatic carbocycles. The van der Waals surface area contributed by atoms with Gasteiger partial charge in [-0.15, -0.1) is 0 Å². The Morgan fingerprint density at radius 1 is 0.328 bits per heavy atom. The number of rotatable bonds is 44. The van der Waals surface area contributed by atoms with E-state index < -0.39 is 6.10 Å². The first kappa shape index (κ1) is 59.8. The Morgan fingerprint density at radius 2 is 0.625 bits per heavy atom. The molecule has 360 valence electrons. The van der Waals surface area contributed by atoms with Crippen LogP contribution in [0.4, 0.5) is 0 Å². The first-order chi connectivity index (χ1) is 31.5. The highest BCUT2D eigenvalue weighted by molar-refractivity contribution is 5.71. The van der Waals surface area contributed by atoms with Crippen molar-refractivity contribution in [1.29, 1.82) is 0 Å². The van der Waals surface area contributed by atoms with E-state index in [2.05, 4.69) is 69.4 Å². The molecule has 0 saturated carbocycles. The highest BCUT2D eigenvalue weighted by Gasteiger charge is 2.19. The van der Waals surface area contributed by atoms with Crippen molar-refractivity contribution in [3.63, 3.8) is 0 Å². The van der Waals surface area contributed by atoms with Crippen LogP contribution in [0.2, 0.25) is 0 Å². The number of esters is 3. The van der Waals surface area contributed by atoms with Crippen molar-refractivity contribution in [2.75, 3.05) is 13.2 Å². The zero-order valence-electron chi connectivity index (χ0n) is 41.0. The summed E-state index contributed by atoms with van der Waals surface area (Å²) in [6.45, 7) is 6.27. The lowest BCUT2D eigenvalue weighted by molar-refractivity contribution is -0.167. The standard InChI is InChI=1S/C58H92O6/c1-4-7-10-13-16-19-22-25-28-31-33-36-39-42-45-48-51-57(60)63-54-55(64-58(61)52-49-46-43-40-37-34-30-27-24-21-18-15-12-9-6-3)53-62-56(59)50-47-44-41-38-35-32-29-26-23-20-17-14-11-8-5-2/h8-9,11-12,14-15,17-18,20-21,23-24,26-31,34,37,55H,4-7,10,13,16,19,22,25,32-33,35-36,38-54H2,1-3H3/b11-8-,12-9-,17-14-,18-15-,23-20-,24-21-,29-26-,30-27-,31-28-,37-34-. The lowest BCUT2D eigenvalue weighted by Crippen LogP contribution is -2.30. The van der Waals surface area contributed by atoms with Crippen molar-refractivity contribution in [3.05, 3.63) is 122 Å². The van der Waals surface area contributed by atoms with Crippen LogP contribution >= 0.6 is 0 Å². The molecular weight excluding hydrogens is 793 g/mol. The Kier molecular flexibility index (Phi) is 48.1. The number of ether oxygens (including phenoxy) is 3. The van der Waals surface area contributed by atoms with E-state index in [4.69, 9.17) is 14.2 Å². The Bertz CT molecular complexity index is 1390. The fourth-order valence-electron chi connectivity index (χ4n) is 6.58. The molecule has 0 amide bonds. The predicted molar refractivity (Wildman–Crippen MR) is 274 cm³/mol. The predicted octanol–water partition coefficient (Wildman–Crippen LogP) is 16.9. The van der Waals surface area contributed by atoms with Crippen LogP contribution in [0.25, 0.3) is 0 Å². The second-order valence-electron chi connectivity index (χ2n) is 16.5. The molecule has 0 aromatic heterocycles. The Morgan fingerprint density at radius 3 is 1.02 bits per heavy atom. The van der Waals surface area contributed by atoms with Gasteiger partial charge in [-0.2, -0.15) is 0 Å². The fraction of sp³-hybridized carbons (Fsp3) is 0.603. The molecule has 0 aliphatic rings. The average Bonchev–Trinajstić information content (AvgIpc) is 3.29. The minimum atomic E-state index is -0.817. The first-order valence-electron chi connectivity index (χ1n) is 25.7. The molecule has 6 nitrogen and oxygen atoms in total. The van der Waals surface area contributed by atoms with Crippen molar-refractivity contribution in [3.8, 4) is 0 Å². The quantitative estimate of drug-likeness (QED) is 0.0199. The molecule has 1 atom stereocenters. The van der Waals surface area contributed by atoms with Crippen LogP contribution in [0.1, 0.15) is 207 Å². The maximum atomic E-state index is 12.8. The molecule has 0 heterocycles. The average molecular weight is 885 g/mol. The molecule has 1 unspecified atom stereocenters. The lowest BCUT2D eigenvalue weighted by atomic mass is 10.1. The summed E-state index contributed by atoms with van der Waals surface area (Å²) in [5.41, 5.74) is 0. The summed E-state index contributed by atoms with van der Waals surface area (Å²) in [4.78, 5) is 38.0. The van der Waals surface area contributed by atoms with Gasteiger partial charge in [0.1, 0.15) is 13.2 Å². The summed E-state index contributed by atoms with van der Waals surface area (Å²) < 4.78 is 16.7. The van der Waals surface area contributed by atoms with Crippen LogP contribution in [0.3, 0.4) is 0 Å². The van der Waals surface area contributed by atoms with Crippen LogP contribution in [-0.2, 0) is 28.6 Å². The van der Waals surface area contributed by atoms with Crippen molar-refractivity contribution < 1.29 is 28.6 Å². The van der Waals surface area contributed by atoms with Gasteiger partial charge < -0.3 is 14.2 Å². The van der Waals surface area contributed by atoms with Crippen LogP contribution in [0, 0.1) is 0 Å². The summed E-state index contributed by atoms with van der Waals surface area (Å²) in [6, 6.07) is 0. The molecule has 64 heavy (non-hydrogen) atoms. The summed E-state index contributed by atoms with van der Waals surface area (Å²) in [7, 11) is 0. The van der Waals surface area contributed by atoms with Gasteiger partial charge in [0.25, 0.3) is 0 Å². The number of hydrogen-bond donors (Lipinski definition) is 0. The van der Waals surface area contributed by atoms with E-state index in [0.29, 0.717) is 19.3 Å². The number of hydrogen-bond acceptors (Lipinski definition) is 6. The highest BCUT2D eigenvalue weighted by atomic mass is 16.6. The van der Waals surface area contributed by atoms with E-state index in [-0.39, 0.29) is 37.5 Å². The Hall–Kier alpha value is -4.19. The van der Waals surface area contributed by atoms with Gasteiger partial charge in [-0.1, -0.05) is 226 Å². The van der Waals surface area contributed by atoms with Crippen molar-refractivity contribution in [2.24, 2.45) is 0 Å². The van der Waals surface area contributed by atoms with Crippen LogP contribution in [0.15, 0.2) is 122 Å². The molecule has 0 N–H and O–H groups in total. The summed E-state index contributed by atoms with van der Waals surface area (Å²) in [6.07, 6.45) is 70.3. The van der Waals surface area contributed by atoms with Gasteiger partial charge in [-0.25, -0.2) is 0 Å². The van der Waals surface area contributed by atoms with Gasteiger partial charge >= 0.3 is 17.9 Å². The zero-order chi connectivity index (χ0) is 46.5. The van der Waals surface area contributed by atoms with Gasteiger partial charge in [0, 0.05) is 19.3 Å². The summed E-state index contributed by atoms with van der Waals surface area (Å²) in [5.74, 6) is -0.992. The zero-order valence-corrected chi connectivity index (χ0v) is 41.0. The minimum absolute atomic E-state index is 0.111. The molecule has 0 radical (unpaired) electrons. The largest absolute Gasteiger partial charge is 0.462 e. The maximum Gasteiger partial charge on any atom is 0.306 e. The Balaban J connectivity index is 4.54. The SMILES string of the molecule is CC\C=C/C=C\C=C/C=C\C=C/CCCCCC(=O)OC(COC(=O)CCCCCCC\C=C/C=C\C=C/C=C\CC)COC(=O)CCCCCCC/C=C\CCCCCCCCC. The maximum absolute atomic E-state index is 12.8. The van der Waals surface area contributed by atoms with Crippen molar-refractivity contribution >= 4 is 17.9 Å². The monoisotopic (exact) mass is 885 g/mol. The van der Waals surface area contributed by atoms with E-state index >= 15 is 0 Å².